The van der Waals surface area contributed by atoms with Crippen LogP contribution in [-0.2, 0) is 0 Å². The molecule has 1 aromatic carbocycles. The van der Waals surface area contributed by atoms with E-state index in [9.17, 15) is 0 Å². The van der Waals surface area contributed by atoms with E-state index in [1.54, 1.807) is 0 Å². The van der Waals surface area contributed by atoms with E-state index in [-0.39, 0.29) is 12.4 Å². The van der Waals surface area contributed by atoms with Crippen molar-refractivity contribution in [3.8, 4) is 5.75 Å². The van der Waals surface area contributed by atoms with Crippen molar-refractivity contribution >= 4 is 5.84 Å². The highest BCUT2D eigenvalue weighted by Gasteiger charge is 2.06. The van der Waals surface area contributed by atoms with Gasteiger partial charge in [0.1, 0.15) is 18.2 Å². The van der Waals surface area contributed by atoms with E-state index >= 15 is 0 Å². The molecule has 3 heteroatoms. The van der Waals surface area contributed by atoms with Crippen LogP contribution in [0.2, 0.25) is 0 Å². The average molecular weight is 192 g/mol. The Labute approximate surface area is 84.4 Å². The van der Waals surface area contributed by atoms with Gasteiger partial charge in [-0.15, -0.1) is 0 Å². The van der Waals surface area contributed by atoms with Crippen molar-refractivity contribution < 1.29 is 4.74 Å². The minimum atomic E-state index is 0.0466. The highest BCUT2D eigenvalue weighted by atomic mass is 16.5. The Kier molecular flexibility index (Phi) is 3.12. The van der Waals surface area contributed by atoms with Gasteiger partial charge in [-0.3, -0.25) is 5.41 Å². The Morgan fingerprint density at radius 3 is 2.43 bits per heavy atom. The van der Waals surface area contributed by atoms with E-state index in [2.05, 4.69) is 6.07 Å². The third kappa shape index (κ3) is 2.25. The molecule has 0 aliphatic carbocycles. The number of rotatable bonds is 3. The highest BCUT2D eigenvalue weighted by molar-refractivity contribution is 5.78. The monoisotopic (exact) mass is 192 g/mol. The smallest absolute Gasteiger partial charge is 0.145 e. The largest absolute Gasteiger partial charge is 0.485 e. The molecular weight excluding hydrogens is 176 g/mol. The summed E-state index contributed by atoms with van der Waals surface area (Å²) in [5.74, 6) is 0.894. The lowest BCUT2D eigenvalue weighted by atomic mass is 10.1. The van der Waals surface area contributed by atoms with E-state index in [0.29, 0.717) is 0 Å². The van der Waals surface area contributed by atoms with E-state index in [1.807, 2.05) is 26.8 Å². The zero-order chi connectivity index (χ0) is 10.7. The fraction of sp³-hybridized carbons (Fsp3) is 0.364. The molecule has 0 amide bonds. The predicted octanol–water partition coefficient (Wildman–Crippen LogP) is 1.93. The summed E-state index contributed by atoms with van der Waals surface area (Å²) in [5, 5.41) is 7.09. The molecule has 0 heterocycles. The topological polar surface area (TPSA) is 59.1 Å². The molecule has 0 atom stereocenters. The maximum atomic E-state index is 7.09. The number of amidine groups is 1. The van der Waals surface area contributed by atoms with Crippen LogP contribution in [0.1, 0.15) is 16.7 Å². The Morgan fingerprint density at radius 2 is 1.86 bits per heavy atom. The second-order valence-corrected chi connectivity index (χ2v) is 3.47. The number of hydrogen-bond acceptors (Lipinski definition) is 2. The van der Waals surface area contributed by atoms with Gasteiger partial charge in [-0.1, -0.05) is 12.1 Å². The molecule has 0 saturated carbocycles. The predicted molar refractivity (Wildman–Crippen MR) is 58.1 cm³/mol. The lowest BCUT2D eigenvalue weighted by molar-refractivity contribution is 0.369. The van der Waals surface area contributed by atoms with Crippen LogP contribution in [0.5, 0.6) is 5.75 Å². The minimum Gasteiger partial charge on any atom is -0.485 e. The molecule has 0 aliphatic heterocycles. The van der Waals surface area contributed by atoms with Crippen molar-refractivity contribution in [2.24, 2.45) is 5.73 Å². The van der Waals surface area contributed by atoms with Crippen molar-refractivity contribution in [1.82, 2.24) is 0 Å². The maximum Gasteiger partial charge on any atom is 0.145 e. The highest BCUT2D eigenvalue weighted by Crippen LogP contribution is 2.25. The number of aryl methyl sites for hydroxylation is 2. The number of benzene rings is 1. The summed E-state index contributed by atoms with van der Waals surface area (Å²) < 4.78 is 5.46. The quantitative estimate of drug-likeness (QED) is 0.568. The summed E-state index contributed by atoms with van der Waals surface area (Å²) in [6.45, 7) is 6.19. The molecule has 0 bridgehead atoms. The molecule has 0 fully saturated rings. The first kappa shape index (κ1) is 10.6. The van der Waals surface area contributed by atoms with E-state index in [1.165, 1.54) is 5.56 Å². The van der Waals surface area contributed by atoms with Crippen molar-refractivity contribution in [3.63, 3.8) is 0 Å². The van der Waals surface area contributed by atoms with Crippen LogP contribution < -0.4 is 10.5 Å². The second-order valence-electron chi connectivity index (χ2n) is 3.47. The molecule has 3 nitrogen and oxygen atoms in total. The summed E-state index contributed by atoms with van der Waals surface area (Å²) in [6, 6.07) is 4.07. The first-order chi connectivity index (χ1) is 6.52. The van der Waals surface area contributed by atoms with Crippen LogP contribution in [0, 0.1) is 26.2 Å². The zero-order valence-electron chi connectivity index (χ0n) is 8.85. The minimum absolute atomic E-state index is 0.0466. The van der Waals surface area contributed by atoms with Crippen LogP contribution >= 0.6 is 0 Å². The third-order valence-corrected chi connectivity index (χ3v) is 2.25. The van der Waals surface area contributed by atoms with Crippen molar-refractivity contribution in [2.45, 2.75) is 20.8 Å². The summed E-state index contributed by atoms with van der Waals surface area (Å²) in [4.78, 5) is 0. The fourth-order valence-electron chi connectivity index (χ4n) is 1.30. The Morgan fingerprint density at radius 1 is 1.29 bits per heavy atom. The summed E-state index contributed by atoms with van der Waals surface area (Å²) in [6.07, 6.45) is 0. The van der Waals surface area contributed by atoms with Gasteiger partial charge in [-0.25, -0.2) is 0 Å². The molecule has 0 radical (unpaired) electrons. The van der Waals surface area contributed by atoms with E-state index < -0.39 is 0 Å². The molecular formula is C11H16N2O. The summed E-state index contributed by atoms with van der Waals surface area (Å²) >= 11 is 0. The van der Waals surface area contributed by atoms with Gasteiger partial charge in [-0.05, 0) is 37.5 Å². The van der Waals surface area contributed by atoms with Gasteiger partial charge < -0.3 is 10.5 Å². The molecule has 0 aliphatic rings. The van der Waals surface area contributed by atoms with Gasteiger partial charge in [0, 0.05) is 0 Å². The number of ether oxygens (including phenoxy) is 1. The SMILES string of the molecule is Cc1ccc(C)c(OCC(=N)N)c1C. The normalized spacial score (nSPS) is 9.93. The van der Waals surface area contributed by atoms with Crippen molar-refractivity contribution in [3.05, 3.63) is 28.8 Å². The first-order valence-electron chi connectivity index (χ1n) is 4.55. The second kappa shape index (κ2) is 4.13. The van der Waals surface area contributed by atoms with Crippen molar-refractivity contribution in [1.29, 1.82) is 5.41 Å². The lowest BCUT2D eigenvalue weighted by Gasteiger charge is -2.13. The first-order valence-corrected chi connectivity index (χ1v) is 4.55. The van der Waals surface area contributed by atoms with Gasteiger partial charge in [-0.2, -0.15) is 0 Å². The van der Waals surface area contributed by atoms with E-state index in [0.717, 1.165) is 16.9 Å². The van der Waals surface area contributed by atoms with Crippen LogP contribution in [0.4, 0.5) is 0 Å². The summed E-state index contributed by atoms with van der Waals surface area (Å²) in [7, 11) is 0. The van der Waals surface area contributed by atoms with Crippen LogP contribution in [-0.4, -0.2) is 12.4 Å². The molecule has 0 aromatic heterocycles. The van der Waals surface area contributed by atoms with Crippen molar-refractivity contribution in [2.75, 3.05) is 6.61 Å². The Bertz CT molecular complexity index is 359. The fourth-order valence-corrected chi connectivity index (χ4v) is 1.30. The van der Waals surface area contributed by atoms with Gasteiger partial charge in [0.15, 0.2) is 0 Å². The van der Waals surface area contributed by atoms with Crippen LogP contribution in [0.25, 0.3) is 0 Å². The average Bonchev–Trinajstić information content (AvgIpc) is 2.11. The molecule has 1 rings (SSSR count). The lowest BCUT2D eigenvalue weighted by Crippen LogP contribution is -2.19. The van der Waals surface area contributed by atoms with Crippen LogP contribution in [0.15, 0.2) is 12.1 Å². The standard InChI is InChI=1S/C11H16N2O/c1-7-4-5-8(2)11(9(7)3)14-6-10(12)13/h4-5H,6H2,1-3H3,(H3,12,13). The van der Waals surface area contributed by atoms with Gasteiger partial charge in [0.05, 0.1) is 0 Å². The molecule has 76 valence electrons. The zero-order valence-corrected chi connectivity index (χ0v) is 8.85. The molecule has 14 heavy (non-hydrogen) atoms. The molecule has 0 saturated heterocycles. The number of nitrogens with one attached hydrogen (secondary N) is 1. The third-order valence-electron chi connectivity index (χ3n) is 2.25. The maximum absolute atomic E-state index is 7.09. The summed E-state index contributed by atoms with van der Waals surface area (Å²) in [5.41, 5.74) is 8.62. The number of nitrogens with two attached hydrogens (primary N) is 1. The molecule has 0 spiro atoms. The van der Waals surface area contributed by atoms with E-state index in [4.69, 9.17) is 15.9 Å². The van der Waals surface area contributed by atoms with Gasteiger partial charge in [0.2, 0.25) is 0 Å². The molecule has 1 aromatic rings. The Balaban J connectivity index is 2.95. The van der Waals surface area contributed by atoms with Crippen LogP contribution in [0.3, 0.4) is 0 Å². The molecule has 0 unspecified atom stereocenters. The van der Waals surface area contributed by atoms with Gasteiger partial charge in [0.25, 0.3) is 0 Å². The number of hydrogen-bond donors (Lipinski definition) is 2. The van der Waals surface area contributed by atoms with Gasteiger partial charge >= 0.3 is 0 Å². The molecule has 3 N–H and O–H groups in total. The Hall–Kier alpha value is -1.51.